The van der Waals surface area contributed by atoms with Crippen LogP contribution < -0.4 is 5.73 Å². The van der Waals surface area contributed by atoms with E-state index in [9.17, 15) is 0 Å². The van der Waals surface area contributed by atoms with Gasteiger partial charge in [-0.3, -0.25) is 4.90 Å². The molecular weight excluding hydrogens is 200 g/mol. The van der Waals surface area contributed by atoms with Crippen LogP contribution in [0.25, 0.3) is 0 Å². The summed E-state index contributed by atoms with van der Waals surface area (Å²) in [7, 11) is 0. The van der Waals surface area contributed by atoms with E-state index in [4.69, 9.17) is 10.5 Å². The molecule has 3 aliphatic rings. The fraction of sp³-hybridized carbons (Fsp3) is 1.00. The van der Waals surface area contributed by atoms with Crippen molar-refractivity contribution in [2.75, 3.05) is 32.8 Å². The van der Waals surface area contributed by atoms with Crippen molar-refractivity contribution in [3.63, 3.8) is 0 Å². The fourth-order valence-corrected chi connectivity index (χ4v) is 4.02. The van der Waals surface area contributed by atoms with Gasteiger partial charge in [0, 0.05) is 26.2 Å². The zero-order valence-electron chi connectivity index (χ0n) is 10.1. The molecule has 2 N–H and O–H groups in total. The maximum atomic E-state index is 5.68. The van der Waals surface area contributed by atoms with Gasteiger partial charge < -0.3 is 10.5 Å². The van der Waals surface area contributed by atoms with Gasteiger partial charge in [0.1, 0.15) is 0 Å². The fourth-order valence-electron chi connectivity index (χ4n) is 4.02. The predicted octanol–water partition coefficient (Wildman–Crippen LogP) is 1.08. The Morgan fingerprint density at radius 3 is 2.88 bits per heavy atom. The third-order valence-corrected chi connectivity index (χ3v) is 4.86. The van der Waals surface area contributed by atoms with Crippen molar-refractivity contribution in [3.8, 4) is 0 Å². The van der Waals surface area contributed by atoms with E-state index in [0.717, 1.165) is 37.5 Å². The van der Waals surface area contributed by atoms with Crippen LogP contribution in [-0.4, -0.2) is 43.8 Å². The molecular formula is C13H24N2O. The summed E-state index contributed by atoms with van der Waals surface area (Å²) in [5.74, 6) is 3.10. The Morgan fingerprint density at radius 1 is 1.25 bits per heavy atom. The molecule has 92 valence electrons. The smallest absolute Gasteiger partial charge is 0.0824 e. The maximum Gasteiger partial charge on any atom is 0.0824 e. The number of ether oxygens (including phenoxy) is 1. The largest absolute Gasteiger partial charge is 0.374 e. The van der Waals surface area contributed by atoms with Crippen molar-refractivity contribution in [2.45, 2.75) is 31.8 Å². The van der Waals surface area contributed by atoms with E-state index in [1.165, 1.54) is 32.2 Å². The first-order valence-electron chi connectivity index (χ1n) is 6.89. The lowest BCUT2D eigenvalue weighted by atomic mass is 9.88. The Hall–Kier alpha value is -0.120. The van der Waals surface area contributed by atoms with Crippen LogP contribution in [0, 0.1) is 17.8 Å². The summed E-state index contributed by atoms with van der Waals surface area (Å²) in [5.41, 5.74) is 5.68. The van der Waals surface area contributed by atoms with E-state index in [1.807, 2.05) is 0 Å². The van der Waals surface area contributed by atoms with Crippen molar-refractivity contribution in [2.24, 2.45) is 23.5 Å². The zero-order chi connectivity index (χ0) is 11.0. The zero-order valence-corrected chi connectivity index (χ0v) is 10.1. The Bertz CT molecular complexity index is 246. The van der Waals surface area contributed by atoms with Gasteiger partial charge >= 0.3 is 0 Å². The van der Waals surface area contributed by atoms with Gasteiger partial charge in [-0.05, 0) is 37.0 Å². The molecule has 0 aromatic carbocycles. The van der Waals surface area contributed by atoms with Gasteiger partial charge in [-0.2, -0.15) is 0 Å². The number of rotatable bonds is 3. The van der Waals surface area contributed by atoms with Crippen LogP contribution in [0.3, 0.4) is 0 Å². The molecule has 0 radical (unpaired) electrons. The topological polar surface area (TPSA) is 38.5 Å². The van der Waals surface area contributed by atoms with Gasteiger partial charge in [0.2, 0.25) is 0 Å². The molecule has 1 aliphatic heterocycles. The van der Waals surface area contributed by atoms with E-state index in [-0.39, 0.29) is 6.10 Å². The van der Waals surface area contributed by atoms with Crippen LogP contribution in [0.2, 0.25) is 0 Å². The first-order chi connectivity index (χ1) is 7.85. The quantitative estimate of drug-likeness (QED) is 0.779. The summed E-state index contributed by atoms with van der Waals surface area (Å²) < 4.78 is 5.62. The molecule has 0 aromatic heterocycles. The molecule has 3 nitrogen and oxygen atoms in total. The lowest BCUT2D eigenvalue weighted by Crippen LogP contribution is -2.47. The van der Waals surface area contributed by atoms with E-state index >= 15 is 0 Å². The minimum atomic E-state index is 0.285. The summed E-state index contributed by atoms with van der Waals surface area (Å²) in [4.78, 5) is 2.59. The lowest BCUT2D eigenvalue weighted by Gasteiger charge is -2.35. The molecule has 2 aliphatic carbocycles. The Balaban J connectivity index is 1.51. The second-order valence-corrected chi connectivity index (χ2v) is 5.92. The normalized spacial score (nSPS) is 44.1. The number of fused-ring (bicyclic) bond motifs is 2. The van der Waals surface area contributed by atoms with Crippen LogP contribution in [-0.2, 0) is 4.74 Å². The number of morpholine rings is 1. The standard InChI is InChI=1S/C13H24N2O/c14-7-13-9-15(3-4-16-13)8-12-6-10-1-2-11(12)5-10/h10-13H,1-9,14H2. The Morgan fingerprint density at radius 2 is 2.19 bits per heavy atom. The van der Waals surface area contributed by atoms with E-state index < -0.39 is 0 Å². The number of hydrogen-bond acceptors (Lipinski definition) is 3. The molecule has 3 rings (SSSR count). The molecule has 2 saturated carbocycles. The summed E-state index contributed by atoms with van der Waals surface area (Å²) >= 11 is 0. The molecule has 2 bridgehead atoms. The highest BCUT2D eigenvalue weighted by Crippen LogP contribution is 2.48. The van der Waals surface area contributed by atoms with Gasteiger partial charge in [0.05, 0.1) is 12.7 Å². The lowest BCUT2D eigenvalue weighted by molar-refractivity contribution is -0.0302. The summed E-state index contributed by atoms with van der Waals surface area (Å²) in [5, 5.41) is 0. The second-order valence-electron chi connectivity index (χ2n) is 5.92. The highest BCUT2D eigenvalue weighted by Gasteiger charge is 2.40. The van der Waals surface area contributed by atoms with Gasteiger partial charge in [0.15, 0.2) is 0 Å². The summed E-state index contributed by atoms with van der Waals surface area (Å²) in [6, 6.07) is 0. The van der Waals surface area contributed by atoms with Crippen LogP contribution in [0.4, 0.5) is 0 Å². The molecule has 0 aromatic rings. The minimum Gasteiger partial charge on any atom is -0.374 e. The van der Waals surface area contributed by atoms with E-state index in [1.54, 1.807) is 0 Å². The molecule has 3 heteroatoms. The van der Waals surface area contributed by atoms with Crippen LogP contribution in [0.1, 0.15) is 25.7 Å². The Labute approximate surface area is 98.3 Å². The second kappa shape index (κ2) is 4.63. The van der Waals surface area contributed by atoms with Crippen molar-refractivity contribution >= 4 is 0 Å². The summed E-state index contributed by atoms with van der Waals surface area (Å²) in [6.45, 7) is 5.03. The van der Waals surface area contributed by atoms with Gasteiger partial charge in [0.25, 0.3) is 0 Å². The van der Waals surface area contributed by atoms with Gasteiger partial charge in [-0.1, -0.05) is 6.42 Å². The van der Waals surface area contributed by atoms with E-state index in [0.29, 0.717) is 6.54 Å². The van der Waals surface area contributed by atoms with Crippen LogP contribution in [0.5, 0.6) is 0 Å². The Kier molecular flexibility index (Phi) is 3.18. The third kappa shape index (κ3) is 2.13. The minimum absolute atomic E-state index is 0.285. The molecule has 1 heterocycles. The van der Waals surface area contributed by atoms with Crippen LogP contribution in [0.15, 0.2) is 0 Å². The molecule has 4 unspecified atom stereocenters. The van der Waals surface area contributed by atoms with Crippen molar-refractivity contribution in [1.82, 2.24) is 4.90 Å². The average Bonchev–Trinajstić information content (AvgIpc) is 2.91. The molecule has 1 saturated heterocycles. The monoisotopic (exact) mass is 224 g/mol. The van der Waals surface area contributed by atoms with E-state index in [2.05, 4.69) is 4.90 Å². The average molecular weight is 224 g/mol. The molecule has 3 fully saturated rings. The van der Waals surface area contributed by atoms with Crippen molar-refractivity contribution in [1.29, 1.82) is 0 Å². The number of hydrogen-bond donors (Lipinski definition) is 1. The first-order valence-corrected chi connectivity index (χ1v) is 6.89. The molecule has 0 spiro atoms. The molecule has 0 amide bonds. The third-order valence-electron chi connectivity index (χ3n) is 4.86. The highest BCUT2D eigenvalue weighted by atomic mass is 16.5. The van der Waals surface area contributed by atoms with Crippen molar-refractivity contribution in [3.05, 3.63) is 0 Å². The maximum absolute atomic E-state index is 5.68. The molecule has 4 atom stereocenters. The predicted molar refractivity (Wildman–Crippen MR) is 64.2 cm³/mol. The van der Waals surface area contributed by atoms with Crippen molar-refractivity contribution < 1.29 is 4.74 Å². The highest BCUT2D eigenvalue weighted by molar-refractivity contribution is 4.91. The molecule has 16 heavy (non-hydrogen) atoms. The van der Waals surface area contributed by atoms with Crippen LogP contribution >= 0.6 is 0 Å². The number of nitrogens with zero attached hydrogens (tertiary/aromatic N) is 1. The van der Waals surface area contributed by atoms with Gasteiger partial charge in [-0.25, -0.2) is 0 Å². The summed E-state index contributed by atoms with van der Waals surface area (Å²) in [6.07, 6.45) is 6.31. The SMILES string of the molecule is NCC1CN(CC2CC3CCC2C3)CCO1. The first kappa shape index (κ1) is 11.0. The van der Waals surface area contributed by atoms with Gasteiger partial charge in [-0.15, -0.1) is 0 Å². The number of nitrogens with two attached hydrogens (primary N) is 1.